The van der Waals surface area contributed by atoms with Gasteiger partial charge in [0.1, 0.15) is 23.0 Å². The Labute approximate surface area is 182 Å². The van der Waals surface area contributed by atoms with Gasteiger partial charge >= 0.3 is 5.97 Å². The van der Waals surface area contributed by atoms with Crippen molar-refractivity contribution in [3.63, 3.8) is 0 Å². The van der Waals surface area contributed by atoms with Crippen molar-refractivity contribution in [3.05, 3.63) is 78.1 Å². The van der Waals surface area contributed by atoms with E-state index in [1.807, 2.05) is 54.6 Å². The lowest BCUT2D eigenvalue weighted by Gasteiger charge is -2.12. The molecule has 6 nitrogen and oxygen atoms in total. The van der Waals surface area contributed by atoms with Gasteiger partial charge in [-0.1, -0.05) is 18.2 Å². The number of hydrogen-bond donors (Lipinski definition) is 1. The SMILES string of the molecule is CO[C@@H](Cc1ccc(OCCCOc2ccc(OC3=CCCC=C3)cc2)cc1)C(=O)O. The van der Waals surface area contributed by atoms with Crippen molar-refractivity contribution < 1.29 is 28.8 Å². The quantitative estimate of drug-likeness (QED) is 0.494. The maximum Gasteiger partial charge on any atom is 0.333 e. The number of carboxylic acids is 1. The van der Waals surface area contributed by atoms with Crippen LogP contribution in [0.4, 0.5) is 0 Å². The summed E-state index contributed by atoms with van der Waals surface area (Å²) in [6, 6.07) is 15.0. The summed E-state index contributed by atoms with van der Waals surface area (Å²) in [5.74, 6) is 2.22. The van der Waals surface area contributed by atoms with E-state index in [1.165, 1.54) is 7.11 Å². The fourth-order valence-corrected chi connectivity index (χ4v) is 3.05. The minimum absolute atomic E-state index is 0.318. The number of rotatable bonds is 12. The monoisotopic (exact) mass is 424 g/mol. The lowest BCUT2D eigenvalue weighted by Crippen LogP contribution is -2.24. The molecule has 2 aromatic carbocycles. The first-order valence-corrected chi connectivity index (χ1v) is 10.4. The number of allylic oxidation sites excluding steroid dienone is 3. The third kappa shape index (κ3) is 7.50. The van der Waals surface area contributed by atoms with Crippen LogP contribution in [0.3, 0.4) is 0 Å². The summed E-state index contributed by atoms with van der Waals surface area (Å²) < 4.78 is 22.2. The lowest BCUT2D eigenvalue weighted by atomic mass is 10.1. The average Bonchev–Trinajstić information content (AvgIpc) is 2.80. The van der Waals surface area contributed by atoms with Crippen molar-refractivity contribution in [1.82, 2.24) is 0 Å². The number of carboxylic acid groups (broad SMARTS) is 1. The molecule has 0 saturated carbocycles. The van der Waals surface area contributed by atoms with E-state index in [9.17, 15) is 4.79 Å². The molecule has 0 bridgehead atoms. The Balaban J connectivity index is 1.34. The van der Waals surface area contributed by atoms with Crippen LogP contribution in [-0.2, 0) is 16.0 Å². The number of hydrogen-bond acceptors (Lipinski definition) is 5. The Morgan fingerprint density at radius 1 is 0.935 bits per heavy atom. The second kappa shape index (κ2) is 11.8. The Kier molecular flexibility index (Phi) is 8.55. The van der Waals surface area contributed by atoms with Crippen LogP contribution in [0.5, 0.6) is 17.2 Å². The van der Waals surface area contributed by atoms with Gasteiger partial charge in [-0.05, 0) is 67.0 Å². The van der Waals surface area contributed by atoms with E-state index in [0.29, 0.717) is 19.6 Å². The summed E-state index contributed by atoms with van der Waals surface area (Å²) in [7, 11) is 1.40. The topological polar surface area (TPSA) is 74.2 Å². The number of aliphatic carboxylic acids is 1. The minimum atomic E-state index is -0.969. The molecule has 0 aromatic heterocycles. The van der Waals surface area contributed by atoms with Gasteiger partial charge in [-0.3, -0.25) is 0 Å². The van der Waals surface area contributed by atoms with Crippen LogP contribution in [0, 0.1) is 0 Å². The molecule has 1 aliphatic carbocycles. The smallest absolute Gasteiger partial charge is 0.333 e. The minimum Gasteiger partial charge on any atom is -0.493 e. The van der Waals surface area contributed by atoms with Crippen molar-refractivity contribution >= 4 is 5.97 Å². The Bertz CT molecular complexity index is 883. The molecule has 164 valence electrons. The molecule has 0 unspecified atom stereocenters. The molecule has 0 amide bonds. The molecule has 0 heterocycles. The van der Waals surface area contributed by atoms with E-state index in [-0.39, 0.29) is 0 Å². The maximum atomic E-state index is 11.0. The zero-order valence-corrected chi connectivity index (χ0v) is 17.7. The highest BCUT2D eigenvalue weighted by atomic mass is 16.5. The van der Waals surface area contributed by atoms with Gasteiger partial charge in [0.2, 0.25) is 0 Å². The largest absolute Gasteiger partial charge is 0.493 e. The summed E-state index contributed by atoms with van der Waals surface area (Å²) in [6.07, 6.45) is 8.48. The maximum absolute atomic E-state index is 11.0. The number of carbonyl (C=O) groups is 1. The summed E-state index contributed by atoms with van der Waals surface area (Å²) in [4.78, 5) is 11.0. The molecular weight excluding hydrogens is 396 g/mol. The van der Waals surface area contributed by atoms with Crippen molar-refractivity contribution in [2.24, 2.45) is 0 Å². The van der Waals surface area contributed by atoms with Crippen LogP contribution in [-0.4, -0.2) is 37.5 Å². The molecule has 1 aliphatic rings. The Morgan fingerprint density at radius 2 is 1.55 bits per heavy atom. The molecule has 2 aromatic rings. The highest BCUT2D eigenvalue weighted by Crippen LogP contribution is 2.21. The molecule has 0 radical (unpaired) electrons. The highest BCUT2D eigenvalue weighted by molar-refractivity contribution is 5.72. The van der Waals surface area contributed by atoms with Crippen LogP contribution in [0.2, 0.25) is 0 Å². The molecular formula is C25H28O6. The van der Waals surface area contributed by atoms with Crippen LogP contribution in [0.25, 0.3) is 0 Å². The number of benzene rings is 2. The molecule has 0 aliphatic heterocycles. The van der Waals surface area contributed by atoms with Gasteiger partial charge in [0.25, 0.3) is 0 Å². The van der Waals surface area contributed by atoms with Gasteiger partial charge < -0.3 is 24.1 Å². The second-order valence-electron chi connectivity index (χ2n) is 7.12. The van der Waals surface area contributed by atoms with Crippen molar-refractivity contribution in [3.8, 4) is 17.2 Å². The first-order chi connectivity index (χ1) is 15.1. The van der Waals surface area contributed by atoms with Gasteiger partial charge in [-0.25, -0.2) is 4.79 Å². The van der Waals surface area contributed by atoms with E-state index in [1.54, 1.807) is 0 Å². The van der Waals surface area contributed by atoms with E-state index < -0.39 is 12.1 Å². The van der Waals surface area contributed by atoms with Crippen LogP contribution >= 0.6 is 0 Å². The number of ether oxygens (including phenoxy) is 4. The molecule has 1 atom stereocenters. The van der Waals surface area contributed by atoms with E-state index in [4.69, 9.17) is 24.1 Å². The van der Waals surface area contributed by atoms with E-state index >= 15 is 0 Å². The van der Waals surface area contributed by atoms with Gasteiger partial charge in [-0.15, -0.1) is 0 Å². The lowest BCUT2D eigenvalue weighted by molar-refractivity contribution is -0.148. The average molecular weight is 424 g/mol. The second-order valence-corrected chi connectivity index (χ2v) is 7.12. The Hall–Kier alpha value is -3.25. The third-order valence-corrected chi connectivity index (χ3v) is 4.75. The fourth-order valence-electron chi connectivity index (χ4n) is 3.05. The number of methoxy groups -OCH3 is 1. The fraction of sp³-hybridized carbons (Fsp3) is 0.320. The summed E-state index contributed by atoms with van der Waals surface area (Å²) >= 11 is 0. The van der Waals surface area contributed by atoms with Crippen LogP contribution in [0.15, 0.2) is 72.5 Å². The molecule has 6 heteroatoms. The predicted molar refractivity (Wildman–Crippen MR) is 118 cm³/mol. The van der Waals surface area contributed by atoms with Gasteiger partial charge in [0.15, 0.2) is 6.10 Å². The zero-order chi connectivity index (χ0) is 21.9. The molecule has 0 fully saturated rings. The summed E-state index contributed by atoms with van der Waals surface area (Å²) in [6.45, 7) is 1.07. The summed E-state index contributed by atoms with van der Waals surface area (Å²) in [5, 5.41) is 9.05. The van der Waals surface area contributed by atoms with Crippen LogP contribution < -0.4 is 14.2 Å². The summed E-state index contributed by atoms with van der Waals surface area (Å²) in [5.41, 5.74) is 0.883. The Morgan fingerprint density at radius 3 is 2.10 bits per heavy atom. The van der Waals surface area contributed by atoms with Crippen LogP contribution in [0.1, 0.15) is 24.8 Å². The molecule has 0 saturated heterocycles. The van der Waals surface area contributed by atoms with Gasteiger partial charge in [-0.2, -0.15) is 0 Å². The molecule has 1 N–H and O–H groups in total. The zero-order valence-electron chi connectivity index (χ0n) is 17.7. The van der Waals surface area contributed by atoms with Gasteiger partial charge in [0.05, 0.1) is 13.2 Å². The molecule has 3 rings (SSSR count). The first kappa shape index (κ1) is 22.4. The van der Waals surface area contributed by atoms with E-state index in [2.05, 4.69) is 12.2 Å². The van der Waals surface area contributed by atoms with Crippen molar-refractivity contribution in [1.29, 1.82) is 0 Å². The molecule has 0 spiro atoms. The van der Waals surface area contributed by atoms with Gasteiger partial charge in [0, 0.05) is 20.0 Å². The first-order valence-electron chi connectivity index (χ1n) is 10.4. The van der Waals surface area contributed by atoms with Crippen molar-refractivity contribution in [2.75, 3.05) is 20.3 Å². The molecule has 31 heavy (non-hydrogen) atoms. The van der Waals surface area contributed by atoms with E-state index in [0.717, 1.165) is 47.8 Å². The highest BCUT2D eigenvalue weighted by Gasteiger charge is 2.16. The normalized spacial score (nSPS) is 13.9. The standard InChI is InChI=1S/C25H28O6/c1-28-24(25(26)27)18-19-8-10-20(11-9-19)29-16-5-17-30-21-12-14-23(15-13-21)31-22-6-3-2-4-7-22/h3,6-15,24H,2,4-5,16-18H2,1H3,(H,26,27)/t24-/m0/s1. The van der Waals surface area contributed by atoms with Crippen molar-refractivity contribution in [2.45, 2.75) is 31.8 Å². The predicted octanol–water partition coefficient (Wildman–Crippen LogP) is 4.79. The third-order valence-electron chi connectivity index (χ3n) is 4.75.